The van der Waals surface area contributed by atoms with Gasteiger partial charge in [-0.05, 0) is 37.3 Å². The van der Waals surface area contributed by atoms with Crippen LogP contribution in [0.3, 0.4) is 0 Å². The molecule has 2 saturated heterocycles. The number of hydrogen-bond donors (Lipinski definition) is 2. The van der Waals surface area contributed by atoms with Crippen LogP contribution in [-0.4, -0.2) is 72.9 Å². The standard InChI is InChI=1S/C26H33N3O5S/c1-33-14-13-29-22(24(31)27-16-7-4-3-5-8-16)26-12-11-19(34-26)20(21(26)25(29)32)23(30)28-17-9-6-10-18(15-17)35-2/h6,9-12,15-16,19-22H,3-5,7-8,13-14H2,1-2H3,(H,27,31)(H,28,30)/t19-,20+,21-,22-,26+/m1/s1. The first-order valence-electron chi connectivity index (χ1n) is 12.4. The molecule has 5 atom stereocenters. The second-order valence-corrected chi connectivity index (χ2v) is 10.7. The van der Waals surface area contributed by atoms with Gasteiger partial charge in [-0.2, -0.15) is 0 Å². The maximum atomic E-state index is 13.7. The van der Waals surface area contributed by atoms with Gasteiger partial charge in [0, 0.05) is 30.3 Å². The number of fused-ring (bicyclic) bond motifs is 1. The molecule has 1 aliphatic carbocycles. The van der Waals surface area contributed by atoms with E-state index >= 15 is 0 Å². The minimum absolute atomic E-state index is 0.108. The molecule has 1 saturated carbocycles. The van der Waals surface area contributed by atoms with Crippen LogP contribution in [0.4, 0.5) is 5.69 Å². The second-order valence-electron chi connectivity index (χ2n) is 9.79. The minimum atomic E-state index is -1.14. The quantitative estimate of drug-likeness (QED) is 0.422. The van der Waals surface area contributed by atoms with Gasteiger partial charge in [0.25, 0.3) is 0 Å². The maximum Gasteiger partial charge on any atom is 0.246 e. The largest absolute Gasteiger partial charge is 0.383 e. The second kappa shape index (κ2) is 9.95. The van der Waals surface area contributed by atoms with Gasteiger partial charge in [0.1, 0.15) is 11.6 Å². The highest BCUT2D eigenvalue weighted by Gasteiger charge is 2.72. The Bertz CT molecular complexity index is 1030. The van der Waals surface area contributed by atoms with E-state index < -0.39 is 29.6 Å². The lowest BCUT2D eigenvalue weighted by Crippen LogP contribution is -2.57. The lowest BCUT2D eigenvalue weighted by atomic mass is 9.74. The third-order valence-corrected chi connectivity index (χ3v) is 8.48. The number of nitrogens with zero attached hydrogens (tertiary/aromatic N) is 1. The number of carbonyl (C=O) groups excluding carboxylic acids is 3. The molecule has 35 heavy (non-hydrogen) atoms. The topological polar surface area (TPSA) is 97.0 Å². The molecule has 188 valence electrons. The fourth-order valence-electron chi connectivity index (χ4n) is 6.15. The molecule has 8 nitrogen and oxygen atoms in total. The van der Waals surface area contributed by atoms with Gasteiger partial charge in [-0.15, -0.1) is 11.8 Å². The Morgan fingerprint density at radius 1 is 1.23 bits per heavy atom. The molecule has 0 radical (unpaired) electrons. The molecular formula is C26H33N3O5S. The van der Waals surface area contributed by atoms with Crippen molar-refractivity contribution >= 4 is 35.2 Å². The van der Waals surface area contributed by atoms with Crippen LogP contribution in [0.2, 0.25) is 0 Å². The van der Waals surface area contributed by atoms with E-state index in [2.05, 4.69) is 10.6 Å². The SMILES string of the molecule is COCCN1C(=O)[C@H]2[C@@H](C(=O)Nc3cccc(SC)c3)[C@H]3C=C[C@@]2(O3)[C@H]1C(=O)NC1CCCCC1. The van der Waals surface area contributed by atoms with Gasteiger partial charge in [-0.25, -0.2) is 0 Å². The summed E-state index contributed by atoms with van der Waals surface area (Å²) in [6.07, 6.45) is 10.4. The maximum absolute atomic E-state index is 13.7. The number of amides is 3. The Morgan fingerprint density at radius 3 is 2.77 bits per heavy atom. The van der Waals surface area contributed by atoms with Crippen LogP contribution in [0.15, 0.2) is 41.3 Å². The highest BCUT2D eigenvalue weighted by atomic mass is 32.2. The van der Waals surface area contributed by atoms with Gasteiger partial charge >= 0.3 is 0 Å². The number of hydrogen-bond acceptors (Lipinski definition) is 6. The summed E-state index contributed by atoms with van der Waals surface area (Å²) in [5, 5.41) is 6.16. The first kappa shape index (κ1) is 24.3. The van der Waals surface area contributed by atoms with Crippen molar-refractivity contribution in [1.29, 1.82) is 0 Å². The van der Waals surface area contributed by atoms with Crippen molar-refractivity contribution in [1.82, 2.24) is 10.2 Å². The molecular weight excluding hydrogens is 466 g/mol. The average Bonchev–Trinajstić information content (AvgIpc) is 3.50. The van der Waals surface area contributed by atoms with Crippen molar-refractivity contribution in [3.63, 3.8) is 0 Å². The van der Waals surface area contributed by atoms with Crippen molar-refractivity contribution in [3.05, 3.63) is 36.4 Å². The number of ether oxygens (including phenoxy) is 2. The molecule has 3 aliphatic heterocycles. The van der Waals surface area contributed by atoms with Crippen molar-refractivity contribution in [2.45, 2.75) is 60.8 Å². The van der Waals surface area contributed by atoms with Crippen LogP contribution >= 0.6 is 11.8 Å². The van der Waals surface area contributed by atoms with Gasteiger partial charge in [-0.1, -0.05) is 37.5 Å². The van der Waals surface area contributed by atoms with Crippen molar-refractivity contribution in [3.8, 4) is 0 Å². The van der Waals surface area contributed by atoms with E-state index in [0.29, 0.717) is 12.3 Å². The van der Waals surface area contributed by atoms with Crippen LogP contribution in [0.5, 0.6) is 0 Å². The van der Waals surface area contributed by atoms with Crippen molar-refractivity contribution < 1.29 is 23.9 Å². The fraction of sp³-hybridized carbons (Fsp3) is 0.577. The molecule has 1 aromatic carbocycles. The fourth-order valence-corrected chi connectivity index (χ4v) is 6.61. The van der Waals surface area contributed by atoms with Crippen LogP contribution in [-0.2, 0) is 23.9 Å². The van der Waals surface area contributed by atoms with Crippen molar-refractivity contribution in [2.75, 3.05) is 31.8 Å². The summed E-state index contributed by atoms with van der Waals surface area (Å²) in [5.74, 6) is -2.15. The number of rotatable bonds is 8. The van der Waals surface area contributed by atoms with Crippen LogP contribution in [0.1, 0.15) is 32.1 Å². The number of thioether (sulfide) groups is 1. The van der Waals surface area contributed by atoms with E-state index in [4.69, 9.17) is 9.47 Å². The molecule has 4 aliphatic rings. The smallest absolute Gasteiger partial charge is 0.246 e. The Balaban J connectivity index is 1.41. The van der Waals surface area contributed by atoms with E-state index in [0.717, 1.165) is 30.6 Å². The van der Waals surface area contributed by atoms with Gasteiger partial charge in [0.2, 0.25) is 17.7 Å². The molecule has 5 rings (SSSR count). The monoisotopic (exact) mass is 499 g/mol. The highest BCUT2D eigenvalue weighted by Crippen LogP contribution is 2.55. The molecule has 0 aromatic heterocycles. The summed E-state index contributed by atoms with van der Waals surface area (Å²) >= 11 is 1.59. The van der Waals surface area contributed by atoms with E-state index in [1.165, 1.54) is 6.42 Å². The van der Waals surface area contributed by atoms with Crippen LogP contribution < -0.4 is 10.6 Å². The average molecular weight is 500 g/mol. The molecule has 2 bridgehead atoms. The Morgan fingerprint density at radius 2 is 2.03 bits per heavy atom. The third-order valence-electron chi connectivity index (χ3n) is 7.75. The first-order chi connectivity index (χ1) is 17.0. The predicted octanol–water partition coefficient (Wildman–Crippen LogP) is 2.59. The third kappa shape index (κ3) is 4.27. The lowest BCUT2D eigenvalue weighted by Gasteiger charge is -2.34. The minimum Gasteiger partial charge on any atom is -0.383 e. The number of likely N-dealkylation sites (tertiary alicyclic amines) is 1. The van der Waals surface area contributed by atoms with E-state index in [1.54, 1.807) is 23.8 Å². The Hall–Kier alpha value is -2.36. The number of nitrogens with one attached hydrogen (secondary N) is 2. The molecule has 1 aromatic rings. The Labute approximate surface area is 210 Å². The number of methoxy groups -OCH3 is 1. The lowest BCUT2D eigenvalue weighted by molar-refractivity contribution is -0.142. The summed E-state index contributed by atoms with van der Waals surface area (Å²) in [5.41, 5.74) is -0.465. The molecule has 3 amide bonds. The zero-order chi connectivity index (χ0) is 24.6. The molecule has 1 spiro atoms. The van der Waals surface area contributed by atoms with Crippen LogP contribution in [0, 0.1) is 11.8 Å². The predicted molar refractivity (Wildman–Crippen MR) is 133 cm³/mol. The number of carbonyl (C=O) groups is 3. The Kier molecular flexibility index (Phi) is 6.92. The molecule has 2 N–H and O–H groups in total. The highest BCUT2D eigenvalue weighted by molar-refractivity contribution is 7.98. The number of benzene rings is 1. The normalized spacial score (nSPS) is 31.6. The summed E-state index contributed by atoms with van der Waals surface area (Å²) in [7, 11) is 1.57. The summed E-state index contributed by atoms with van der Waals surface area (Å²) in [6, 6.07) is 6.89. The zero-order valence-corrected chi connectivity index (χ0v) is 21.0. The van der Waals surface area contributed by atoms with E-state index in [1.807, 2.05) is 42.7 Å². The summed E-state index contributed by atoms with van der Waals surface area (Å²) < 4.78 is 11.6. The first-order valence-corrected chi connectivity index (χ1v) is 13.6. The van der Waals surface area contributed by atoms with Gasteiger partial charge < -0.3 is 25.0 Å². The summed E-state index contributed by atoms with van der Waals surface area (Å²) in [6.45, 7) is 0.565. The molecule has 9 heteroatoms. The van der Waals surface area contributed by atoms with Crippen LogP contribution in [0.25, 0.3) is 0 Å². The van der Waals surface area contributed by atoms with Crippen molar-refractivity contribution in [2.24, 2.45) is 11.8 Å². The number of anilines is 1. The van der Waals surface area contributed by atoms with E-state index in [-0.39, 0.29) is 30.3 Å². The summed E-state index contributed by atoms with van der Waals surface area (Å²) in [4.78, 5) is 43.4. The van der Waals surface area contributed by atoms with Gasteiger partial charge in [0.05, 0.1) is 24.5 Å². The zero-order valence-electron chi connectivity index (χ0n) is 20.2. The molecule has 3 fully saturated rings. The molecule has 3 heterocycles. The van der Waals surface area contributed by atoms with E-state index in [9.17, 15) is 14.4 Å². The van der Waals surface area contributed by atoms with Gasteiger partial charge in [-0.3, -0.25) is 14.4 Å². The van der Waals surface area contributed by atoms with Gasteiger partial charge in [0.15, 0.2) is 0 Å². The molecule has 0 unspecified atom stereocenters.